The van der Waals surface area contributed by atoms with Gasteiger partial charge < -0.3 is 10.8 Å². The van der Waals surface area contributed by atoms with Gasteiger partial charge in [-0.3, -0.25) is 0 Å². The van der Waals surface area contributed by atoms with E-state index in [1.807, 2.05) is 5.92 Å². The molecule has 21 heavy (non-hydrogen) atoms. The zero-order valence-corrected chi connectivity index (χ0v) is 11.4. The van der Waals surface area contributed by atoms with Crippen molar-refractivity contribution in [1.29, 1.82) is 0 Å². The summed E-state index contributed by atoms with van der Waals surface area (Å²) < 4.78 is 40.1. The largest absolute Gasteiger partial charge is 0.433 e. The number of rotatable bonds is 2. The Bertz CT molecular complexity index is 621. The smallest absolute Gasteiger partial charge is 0.398 e. The third-order valence-electron chi connectivity index (χ3n) is 3.96. The number of halogens is 3. The summed E-state index contributed by atoms with van der Waals surface area (Å²) in [5.41, 5.74) is 2.86. The highest BCUT2D eigenvalue weighted by atomic mass is 19.4. The maximum absolute atomic E-state index is 13.4. The summed E-state index contributed by atoms with van der Waals surface area (Å²) in [6.45, 7) is 0. The van der Waals surface area contributed by atoms with Gasteiger partial charge >= 0.3 is 6.18 Å². The highest BCUT2D eigenvalue weighted by molar-refractivity contribution is 5.56. The molecule has 0 unspecified atom stereocenters. The predicted octanol–water partition coefficient (Wildman–Crippen LogP) is 3.31. The van der Waals surface area contributed by atoms with E-state index in [2.05, 4.69) is 5.92 Å². The second-order valence-electron chi connectivity index (χ2n) is 5.87. The molecule has 2 nitrogen and oxygen atoms in total. The van der Waals surface area contributed by atoms with Gasteiger partial charge in [0.25, 0.3) is 0 Å². The van der Waals surface area contributed by atoms with Crippen molar-refractivity contribution < 1.29 is 18.3 Å². The molecule has 0 spiro atoms. The molecule has 3 rings (SSSR count). The van der Waals surface area contributed by atoms with Gasteiger partial charge in [-0.1, -0.05) is 17.9 Å². The van der Waals surface area contributed by atoms with Crippen LogP contribution in [0.15, 0.2) is 18.2 Å². The Hall–Kier alpha value is -1.67. The number of alkyl halides is 3. The first-order valence-corrected chi connectivity index (χ1v) is 7.03. The fraction of sp³-hybridized carbons (Fsp3) is 0.500. The molecule has 0 aromatic heterocycles. The van der Waals surface area contributed by atoms with Gasteiger partial charge in [-0.05, 0) is 49.3 Å². The third-order valence-corrected chi connectivity index (χ3v) is 3.96. The van der Waals surface area contributed by atoms with Gasteiger partial charge in [0, 0.05) is 17.2 Å². The number of hydrogen-bond acceptors (Lipinski definition) is 2. The van der Waals surface area contributed by atoms with Crippen molar-refractivity contribution in [3.8, 4) is 11.8 Å². The number of benzene rings is 1. The molecule has 3 N–H and O–H groups in total. The minimum absolute atomic E-state index is 0.0354. The quantitative estimate of drug-likeness (QED) is 0.649. The Kier molecular flexibility index (Phi) is 3.18. The lowest BCUT2D eigenvalue weighted by molar-refractivity contribution is -0.240. The summed E-state index contributed by atoms with van der Waals surface area (Å²) in [5, 5.41) is 10.2. The molecule has 0 heterocycles. The van der Waals surface area contributed by atoms with E-state index in [9.17, 15) is 18.3 Å². The Morgan fingerprint density at radius 3 is 2.33 bits per heavy atom. The van der Waals surface area contributed by atoms with Gasteiger partial charge in [-0.2, -0.15) is 13.2 Å². The number of aliphatic hydroxyl groups is 1. The van der Waals surface area contributed by atoms with Crippen molar-refractivity contribution >= 4 is 5.69 Å². The first-order chi connectivity index (χ1) is 9.81. The van der Waals surface area contributed by atoms with Crippen LogP contribution in [0.1, 0.15) is 42.7 Å². The molecule has 0 bridgehead atoms. The van der Waals surface area contributed by atoms with Crippen LogP contribution >= 0.6 is 0 Å². The molecule has 2 fully saturated rings. The van der Waals surface area contributed by atoms with Crippen molar-refractivity contribution in [3.63, 3.8) is 0 Å². The third kappa shape index (κ3) is 2.73. The zero-order valence-electron chi connectivity index (χ0n) is 11.4. The van der Waals surface area contributed by atoms with Crippen LogP contribution < -0.4 is 5.73 Å². The van der Waals surface area contributed by atoms with E-state index in [0.29, 0.717) is 0 Å². The second-order valence-corrected chi connectivity index (χ2v) is 5.87. The number of nitrogen functional groups attached to an aromatic ring is 1. The van der Waals surface area contributed by atoms with E-state index in [-0.39, 0.29) is 23.1 Å². The summed E-state index contributed by atoms with van der Waals surface area (Å²) >= 11 is 0. The predicted molar refractivity (Wildman–Crippen MR) is 73.3 cm³/mol. The highest BCUT2D eigenvalue weighted by Gasteiger charge is 2.55. The molecule has 1 atom stereocenters. The van der Waals surface area contributed by atoms with Crippen LogP contribution in [0.3, 0.4) is 0 Å². The molecular weight excluding hydrogens is 279 g/mol. The van der Waals surface area contributed by atoms with Gasteiger partial charge in [-0.25, -0.2) is 0 Å². The fourth-order valence-corrected chi connectivity index (χ4v) is 2.28. The van der Waals surface area contributed by atoms with Gasteiger partial charge in [0.15, 0.2) is 0 Å². The SMILES string of the molecule is Nc1ccc(C2CC2)cc1[C@@](O)(C#CC1CC1)C(F)(F)F. The van der Waals surface area contributed by atoms with Gasteiger partial charge in [-0.15, -0.1) is 0 Å². The first kappa shape index (κ1) is 14.3. The average molecular weight is 295 g/mol. The van der Waals surface area contributed by atoms with Crippen LogP contribution in [-0.4, -0.2) is 11.3 Å². The average Bonchev–Trinajstić information content (AvgIpc) is 3.27. The molecule has 1 aromatic rings. The summed E-state index contributed by atoms with van der Waals surface area (Å²) in [7, 11) is 0. The molecule has 0 aliphatic heterocycles. The molecule has 2 aliphatic carbocycles. The molecule has 0 saturated heterocycles. The maximum atomic E-state index is 13.4. The van der Waals surface area contributed by atoms with E-state index in [1.54, 1.807) is 6.07 Å². The van der Waals surface area contributed by atoms with E-state index >= 15 is 0 Å². The Morgan fingerprint density at radius 2 is 1.81 bits per heavy atom. The van der Waals surface area contributed by atoms with Crippen LogP contribution in [0.2, 0.25) is 0 Å². The number of hydrogen-bond donors (Lipinski definition) is 2. The lowest BCUT2D eigenvalue weighted by Crippen LogP contribution is -2.41. The van der Waals surface area contributed by atoms with Crippen molar-refractivity contribution in [2.45, 2.75) is 43.4 Å². The van der Waals surface area contributed by atoms with Gasteiger partial charge in [0.2, 0.25) is 5.60 Å². The molecule has 0 amide bonds. The molecular formula is C16H16F3NO. The maximum Gasteiger partial charge on any atom is 0.433 e. The van der Waals surface area contributed by atoms with Crippen molar-refractivity contribution in [2.24, 2.45) is 5.92 Å². The molecule has 0 radical (unpaired) electrons. The van der Waals surface area contributed by atoms with Crippen LogP contribution in [0.4, 0.5) is 18.9 Å². The van der Waals surface area contributed by atoms with Crippen molar-refractivity contribution in [1.82, 2.24) is 0 Å². The van der Waals surface area contributed by atoms with E-state index in [4.69, 9.17) is 5.73 Å². The molecule has 2 saturated carbocycles. The lowest BCUT2D eigenvalue weighted by atomic mass is 9.89. The van der Waals surface area contributed by atoms with Crippen LogP contribution in [-0.2, 0) is 5.60 Å². The summed E-state index contributed by atoms with van der Waals surface area (Å²) in [6, 6.07) is 4.52. The Balaban J connectivity index is 2.07. The Labute approximate surface area is 121 Å². The van der Waals surface area contributed by atoms with E-state index in [1.165, 1.54) is 12.1 Å². The zero-order chi connectivity index (χ0) is 15.3. The Morgan fingerprint density at radius 1 is 1.14 bits per heavy atom. The normalized spacial score (nSPS) is 21.3. The highest BCUT2D eigenvalue weighted by Crippen LogP contribution is 2.45. The molecule has 1 aromatic carbocycles. The topological polar surface area (TPSA) is 46.2 Å². The molecule has 2 aliphatic rings. The van der Waals surface area contributed by atoms with E-state index in [0.717, 1.165) is 31.2 Å². The number of nitrogens with two attached hydrogens (primary N) is 1. The summed E-state index contributed by atoms with van der Waals surface area (Å²) in [4.78, 5) is 0. The van der Waals surface area contributed by atoms with Crippen LogP contribution in [0.5, 0.6) is 0 Å². The van der Waals surface area contributed by atoms with Crippen molar-refractivity contribution in [3.05, 3.63) is 29.3 Å². The fourth-order valence-electron chi connectivity index (χ4n) is 2.28. The van der Waals surface area contributed by atoms with Crippen molar-refractivity contribution in [2.75, 3.05) is 5.73 Å². The second kappa shape index (κ2) is 4.67. The van der Waals surface area contributed by atoms with Crippen LogP contribution in [0, 0.1) is 17.8 Å². The summed E-state index contributed by atoms with van der Waals surface area (Å²) in [6.07, 6.45) is -1.38. The van der Waals surface area contributed by atoms with Crippen LogP contribution in [0.25, 0.3) is 0 Å². The molecule has 5 heteroatoms. The minimum atomic E-state index is -4.88. The van der Waals surface area contributed by atoms with Gasteiger partial charge in [0.1, 0.15) is 0 Å². The molecule has 112 valence electrons. The lowest BCUT2D eigenvalue weighted by Gasteiger charge is -2.27. The summed E-state index contributed by atoms with van der Waals surface area (Å²) in [5.74, 6) is 4.80. The van der Waals surface area contributed by atoms with E-state index < -0.39 is 11.8 Å². The number of anilines is 1. The van der Waals surface area contributed by atoms with Gasteiger partial charge in [0.05, 0.1) is 0 Å². The monoisotopic (exact) mass is 295 g/mol. The first-order valence-electron chi connectivity index (χ1n) is 7.03. The standard InChI is InChI=1S/C16H16F3NO/c17-16(18,19)15(21,8-7-10-1-2-10)13-9-12(11-3-4-11)5-6-14(13)20/h5-6,9-11,21H,1-4,20H2/t15-/m0/s1. The minimum Gasteiger partial charge on any atom is -0.398 e.